The molecule has 3 nitrogen and oxygen atoms in total. The van der Waals surface area contributed by atoms with E-state index in [1.54, 1.807) is 0 Å². The summed E-state index contributed by atoms with van der Waals surface area (Å²) in [6, 6.07) is 0. The van der Waals surface area contributed by atoms with Crippen LogP contribution in [0.1, 0.15) is 6.92 Å². The Morgan fingerprint density at radius 1 is 1.86 bits per heavy atom. The number of carbonyl (C=O) groups is 1. The van der Waals surface area contributed by atoms with E-state index in [2.05, 4.69) is 4.74 Å². The highest BCUT2D eigenvalue weighted by molar-refractivity contribution is 5.77. The third-order valence-corrected chi connectivity index (χ3v) is 0.334. The topological polar surface area (TPSA) is 43.4 Å². The maximum Gasteiger partial charge on any atom is 0.417 e. The summed E-state index contributed by atoms with van der Waals surface area (Å²) in [6.45, 7) is 2.30. The molecule has 0 atom stereocenters. The molecule has 0 saturated heterocycles. The molecular formula is C4H5O3. The lowest BCUT2D eigenvalue weighted by molar-refractivity contribution is -0.119. The normalized spacial score (nSPS) is 7.57. The quantitative estimate of drug-likeness (QED) is 0.488. The minimum Gasteiger partial charge on any atom is -0.449 e. The number of ketones is 1. The van der Waals surface area contributed by atoms with Gasteiger partial charge in [-0.3, -0.25) is 4.79 Å². The predicted octanol–water partition coefficient (Wildman–Crippen LogP) is -0.341. The van der Waals surface area contributed by atoms with Crippen molar-refractivity contribution in [2.45, 2.75) is 6.92 Å². The molecule has 3 heteroatoms. The van der Waals surface area contributed by atoms with Gasteiger partial charge in [0.05, 0.1) is 0 Å². The van der Waals surface area contributed by atoms with Crippen LogP contribution in [0.15, 0.2) is 0 Å². The zero-order valence-electron chi connectivity index (χ0n) is 3.93. The zero-order chi connectivity index (χ0) is 5.70. The average molecular weight is 101 g/mol. The lowest BCUT2D eigenvalue weighted by atomic mass is 10.5. The molecule has 0 saturated carbocycles. The summed E-state index contributed by atoms with van der Waals surface area (Å²) >= 11 is 0. The second-order valence-corrected chi connectivity index (χ2v) is 1.07. The van der Waals surface area contributed by atoms with Crippen LogP contribution in [0, 0.1) is 0 Å². The minimum atomic E-state index is -0.177. The van der Waals surface area contributed by atoms with E-state index >= 15 is 0 Å². The van der Waals surface area contributed by atoms with E-state index in [1.807, 2.05) is 0 Å². The first kappa shape index (κ1) is 6.14. The van der Waals surface area contributed by atoms with Crippen molar-refractivity contribution in [1.29, 1.82) is 0 Å². The Hall–Kier alpha value is -0.860. The van der Waals surface area contributed by atoms with Crippen molar-refractivity contribution in [2.24, 2.45) is 0 Å². The zero-order valence-corrected chi connectivity index (χ0v) is 3.93. The Balaban J connectivity index is 2.97. The summed E-state index contributed by atoms with van der Waals surface area (Å²) in [5.41, 5.74) is 0. The number of ether oxygens (including phenoxy) is 1. The minimum absolute atomic E-state index is 0.163. The fraction of sp³-hybridized carbons (Fsp3) is 0.500. The van der Waals surface area contributed by atoms with Crippen LogP contribution in [-0.2, 0) is 14.3 Å². The first-order chi connectivity index (χ1) is 3.27. The van der Waals surface area contributed by atoms with Gasteiger partial charge >= 0.3 is 6.47 Å². The molecule has 0 aliphatic carbocycles. The van der Waals surface area contributed by atoms with Gasteiger partial charge in [-0.05, 0) is 6.92 Å². The van der Waals surface area contributed by atoms with Crippen molar-refractivity contribution >= 4 is 12.3 Å². The van der Waals surface area contributed by atoms with Gasteiger partial charge in [0.1, 0.15) is 6.61 Å². The average Bonchev–Trinajstić information content (AvgIpc) is 1.61. The Morgan fingerprint density at radius 3 is 2.57 bits per heavy atom. The molecule has 0 aliphatic heterocycles. The molecule has 7 heavy (non-hydrogen) atoms. The fourth-order valence-corrected chi connectivity index (χ4v) is 0.131. The van der Waals surface area contributed by atoms with Gasteiger partial charge in [0.2, 0.25) is 0 Å². The van der Waals surface area contributed by atoms with Gasteiger partial charge in [0.15, 0.2) is 5.78 Å². The van der Waals surface area contributed by atoms with Crippen molar-refractivity contribution < 1.29 is 14.3 Å². The monoisotopic (exact) mass is 101 g/mol. The van der Waals surface area contributed by atoms with E-state index in [4.69, 9.17) is 0 Å². The van der Waals surface area contributed by atoms with Crippen LogP contribution in [0.2, 0.25) is 0 Å². The van der Waals surface area contributed by atoms with Crippen molar-refractivity contribution in [2.75, 3.05) is 6.61 Å². The van der Waals surface area contributed by atoms with E-state index in [9.17, 15) is 9.59 Å². The Morgan fingerprint density at radius 2 is 2.43 bits per heavy atom. The first-order valence-corrected chi connectivity index (χ1v) is 1.75. The number of Topliss-reactive ketones (excluding diaryl/α,β-unsaturated/α-hetero) is 1. The van der Waals surface area contributed by atoms with Crippen LogP contribution in [0.25, 0.3) is 0 Å². The van der Waals surface area contributed by atoms with Crippen LogP contribution in [0.4, 0.5) is 0 Å². The van der Waals surface area contributed by atoms with Crippen LogP contribution < -0.4 is 0 Å². The number of carbonyl (C=O) groups excluding carboxylic acids is 2. The Kier molecular flexibility index (Phi) is 2.92. The summed E-state index contributed by atoms with van der Waals surface area (Å²) in [7, 11) is 0. The van der Waals surface area contributed by atoms with Crippen LogP contribution >= 0.6 is 0 Å². The van der Waals surface area contributed by atoms with Crippen LogP contribution in [0.3, 0.4) is 0 Å². The van der Waals surface area contributed by atoms with E-state index in [-0.39, 0.29) is 12.4 Å². The molecule has 0 aromatic carbocycles. The highest BCUT2D eigenvalue weighted by Gasteiger charge is 1.88. The van der Waals surface area contributed by atoms with E-state index in [0.717, 1.165) is 6.47 Å². The van der Waals surface area contributed by atoms with Gasteiger partial charge in [-0.2, -0.15) is 0 Å². The molecule has 0 fully saturated rings. The van der Waals surface area contributed by atoms with Gasteiger partial charge in [-0.15, -0.1) is 0 Å². The lowest BCUT2D eigenvalue weighted by Crippen LogP contribution is -2.01. The molecule has 0 N–H and O–H groups in total. The second kappa shape index (κ2) is 3.33. The Bertz CT molecular complexity index is 77.0. The molecule has 1 radical (unpaired) electrons. The molecular weight excluding hydrogens is 96.0 g/mol. The lowest BCUT2D eigenvalue weighted by Gasteiger charge is -1.85. The van der Waals surface area contributed by atoms with Crippen LogP contribution in [0.5, 0.6) is 0 Å². The summed E-state index contributed by atoms with van der Waals surface area (Å²) in [4.78, 5) is 19.1. The molecule has 0 heterocycles. The Labute approximate surface area is 41.3 Å². The van der Waals surface area contributed by atoms with E-state index in [0.29, 0.717) is 0 Å². The van der Waals surface area contributed by atoms with E-state index in [1.165, 1.54) is 6.92 Å². The summed E-state index contributed by atoms with van der Waals surface area (Å²) in [6.07, 6.45) is 0. The molecule has 0 spiro atoms. The number of rotatable bonds is 3. The molecule has 0 unspecified atom stereocenters. The highest BCUT2D eigenvalue weighted by Crippen LogP contribution is 1.67. The van der Waals surface area contributed by atoms with Crippen LogP contribution in [-0.4, -0.2) is 18.9 Å². The standard InChI is InChI=1S/C4H5O3/c1-4(6)2-7-3-5/h2H2,1H3. The molecule has 0 rings (SSSR count). The predicted molar refractivity (Wildman–Crippen MR) is 22.3 cm³/mol. The SMILES string of the molecule is CC(=O)CO[C]=O. The molecule has 0 aromatic heterocycles. The molecule has 39 valence electrons. The van der Waals surface area contributed by atoms with Gasteiger partial charge in [0, 0.05) is 0 Å². The van der Waals surface area contributed by atoms with E-state index < -0.39 is 0 Å². The second-order valence-electron chi connectivity index (χ2n) is 1.07. The fourth-order valence-electron chi connectivity index (χ4n) is 0.131. The highest BCUT2D eigenvalue weighted by atomic mass is 16.5. The van der Waals surface area contributed by atoms with Gasteiger partial charge in [-0.25, -0.2) is 4.79 Å². The summed E-state index contributed by atoms with van der Waals surface area (Å²) in [5.74, 6) is -0.177. The molecule has 0 bridgehead atoms. The first-order valence-electron chi connectivity index (χ1n) is 1.75. The van der Waals surface area contributed by atoms with Crippen molar-refractivity contribution in [1.82, 2.24) is 0 Å². The molecule has 0 aromatic rings. The smallest absolute Gasteiger partial charge is 0.417 e. The number of hydrogen-bond acceptors (Lipinski definition) is 3. The summed E-state index contributed by atoms with van der Waals surface area (Å²) in [5, 5.41) is 0. The number of hydrogen-bond donors (Lipinski definition) is 0. The van der Waals surface area contributed by atoms with Crippen molar-refractivity contribution in [3.8, 4) is 0 Å². The molecule has 0 amide bonds. The largest absolute Gasteiger partial charge is 0.449 e. The van der Waals surface area contributed by atoms with Crippen molar-refractivity contribution in [3.63, 3.8) is 0 Å². The van der Waals surface area contributed by atoms with Gasteiger partial charge in [0.25, 0.3) is 0 Å². The maximum atomic E-state index is 9.90. The van der Waals surface area contributed by atoms with Gasteiger partial charge < -0.3 is 4.74 Å². The van der Waals surface area contributed by atoms with Crippen molar-refractivity contribution in [3.05, 3.63) is 0 Å². The van der Waals surface area contributed by atoms with Gasteiger partial charge in [-0.1, -0.05) is 0 Å². The third-order valence-electron chi connectivity index (χ3n) is 0.334. The maximum absolute atomic E-state index is 9.90. The molecule has 0 aliphatic rings. The third kappa shape index (κ3) is 5.14. The summed E-state index contributed by atoms with van der Waals surface area (Å²) < 4.78 is 3.94.